The summed E-state index contributed by atoms with van der Waals surface area (Å²) in [5.74, 6) is -36.5. The maximum Gasteiger partial charge on any atom is 0.340 e. The van der Waals surface area contributed by atoms with Crippen molar-refractivity contribution in [2.45, 2.75) is 48.2 Å². The maximum atomic E-state index is 14.6. The number of fused-ring (bicyclic) bond motifs is 4. The van der Waals surface area contributed by atoms with Crippen molar-refractivity contribution < 1.29 is 133 Å². The van der Waals surface area contributed by atoms with E-state index in [1.165, 1.54) is 0 Å². The van der Waals surface area contributed by atoms with Crippen molar-refractivity contribution >= 4 is 35.6 Å². The highest BCUT2D eigenvalue weighted by atomic mass is 16.8. The van der Waals surface area contributed by atoms with Crippen LogP contribution in [0.1, 0.15) is 52.9 Å². The van der Waals surface area contributed by atoms with Crippen LogP contribution in [-0.2, 0) is 38.0 Å². The minimum Gasteiger partial charge on any atom is -0.504 e. The second-order valence-corrected chi connectivity index (χ2v) is 15.5. The second kappa shape index (κ2) is 14.8. The molecule has 6 bridgehead atoms. The summed E-state index contributed by atoms with van der Waals surface area (Å²) < 4.78 is 38.9. The van der Waals surface area contributed by atoms with Crippen LogP contribution in [0, 0.1) is 0 Å². The summed E-state index contributed by atoms with van der Waals surface area (Å²) in [6.07, 6.45) is -12.1. The highest BCUT2D eigenvalue weighted by Gasteiger charge is 2.70. The minimum absolute atomic E-state index is 0.264. The van der Waals surface area contributed by atoms with Gasteiger partial charge in [-0.15, -0.1) is 0 Å². The molecule has 0 amide bonds. The third-order valence-electron chi connectivity index (χ3n) is 11.5. The number of phenolic OH excluding ortho intramolecular Hbond substituents is 11. The lowest BCUT2D eigenvalue weighted by Gasteiger charge is -2.49. The quantitative estimate of drug-likeness (QED) is 0.0491. The number of aromatic hydroxyl groups is 11. The van der Waals surface area contributed by atoms with E-state index >= 15 is 0 Å². The Hall–Kier alpha value is -8.92. The first-order chi connectivity index (χ1) is 31.9. The fraction of sp³-hybridized carbons (Fsp3) is 0.220. The number of aliphatic hydroxyl groups is 3. The van der Waals surface area contributed by atoms with Crippen LogP contribution in [0.2, 0.25) is 0 Å². The highest BCUT2D eigenvalue weighted by Crippen LogP contribution is 2.59. The molecule has 68 heavy (non-hydrogen) atoms. The van der Waals surface area contributed by atoms with Gasteiger partial charge in [0, 0.05) is 16.7 Å². The van der Waals surface area contributed by atoms with Crippen molar-refractivity contribution in [1.29, 1.82) is 0 Å². The Morgan fingerprint density at radius 1 is 0.574 bits per heavy atom. The highest BCUT2D eigenvalue weighted by molar-refractivity contribution is 6.10. The summed E-state index contributed by atoms with van der Waals surface area (Å²) in [7, 11) is 0. The van der Waals surface area contributed by atoms with E-state index in [2.05, 4.69) is 0 Å². The van der Waals surface area contributed by atoms with Crippen molar-refractivity contribution in [2.24, 2.45) is 0 Å². The largest absolute Gasteiger partial charge is 0.504 e. The molecule has 27 nitrogen and oxygen atoms in total. The minimum atomic E-state index is -3.98. The van der Waals surface area contributed by atoms with E-state index in [9.17, 15) is 100 Å². The van der Waals surface area contributed by atoms with Gasteiger partial charge in [0.05, 0.1) is 33.7 Å². The Morgan fingerprint density at radius 3 is 1.68 bits per heavy atom. The average molecular weight is 953 g/mol. The third-order valence-corrected chi connectivity index (χ3v) is 11.5. The molecule has 4 aliphatic heterocycles. The molecule has 7 atom stereocenters. The summed E-state index contributed by atoms with van der Waals surface area (Å²) in [6, 6.07) is 2.32. The molecule has 2 unspecified atom stereocenters. The molecule has 1 aliphatic carbocycles. The number of rotatable bonds is 2. The van der Waals surface area contributed by atoms with Crippen molar-refractivity contribution in [1.82, 2.24) is 0 Å². The van der Waals surface area contributed by atoms with E-state index in [1.54, 1.807) is 0 Å². The average Bonchev–Trinajstić information content (AvgIpc) is 3.28. The predicted octanol–water partition coefficient (Wildman–Crippen LogP) is -1.10. The summed E-state index contributed by atoms with van der Waals surface area (Å²) in [5, 5.41) is 150. The number of cyclic esters (lactones) is 1. The molecule has 5 aliphatic rings. The molecular weight excluding hydrogens is 924 g/mol. The van der Waals surface area contributed by atoms with Gasteiger partial charge in [-0.2, -0.15) is 0 Å². The Labute approximate surface area is 373 Å². The van der Waals surface area contributed by atoms with Gasteiger partial charge in [-0.1, -0.05) is 0 Å². The van der Waals surface area contributed by atoms with E-state index in [0.717, 1.165) is 0 Å². The molecule has 4 aromatic carbocycles. The van der Waals surface area contributed by atoms with E-state index in [-0.39, 0.29) is 6.08 Å². The van der Waals surface area contributed by atoms with Gasteiger partial charge in [-0.3, -0.25) is 4.79 Å². The standard InChI is InChI=1S/C41H28O27/c42-13-1-8(2-14(43)24(13)48)34(54)67-39-33-32-30(64-38(58)12-6-19(47)41(61)40(59,60)23(12)22-11(37(57)66-33)5-17(46)27(51)31(22)68-41)18(63-39)7-62-35(55)9-3-15(44)25(49)28(52)20(9)21-10(36(56)65-32)4-16(45)26(50)29(21)53/h1-6,18,23,30,32-33,39,42-46,48-53,59-61H,7H2/t18-,23?,30-,32+,33+,39+,41?/m1/s1. The molecule has 4 aromatic rings. The summed E-state index contributed by atoms with van der Waals surface area (Å²) in [6.45, 7) is -1.31. The number of esters is 5. The number of phenols is 11. The number of benzene rings is 4. The summed E-state index contributed by atoms with van der Waals surface area (Å²) in [5.41, 5.74) is -8.48. The molecule has 27 heteroatoms. The molecule has 9 rings (SSSR count). The summed E-state index contributed by atoms with van der Waals surface area (Å²) in [4.78, 5) is 84.8. The number of carbonyl (C=O) groups is 6. The van der Waals surface area contributed by atoms with E-state index in [1.807, 2.05) is 0 Å². The van der Waals surface area contributed by atoms with Gasteiger partial charge in [0.1, 0.15) is 12.7 Å². The van der Waals surface area contributed by atoms with Crippen LogP contribution in [-0.4, -0.2) is 156 Å². The molecule has 1 fully saturated rings. The molecule has 1 saturated heterocycles. The van der Waals surface area contributed by atoms with Crippen LogP contribution >= 0.6 is 0 Å². The Balaban J connectivity index is 1.30. The van der Waals surface area contributed by atoms with Gasteiger partial charge in [-0.25, -0.2) is 24.0 Å². The first kappa shape index (κ1) is 44.3. The van der Waals surface area contributed by atoms with Gasteiger partial charge in [0.15, 0.2) is 64.0 Å². The molecular formula is C41H28O27. The topological polar surface area (TPSA) is 450 Å². The Kier molecular flexibility index (Phi) is 9.64. The van der Waals surface area contributed by atoms with Crippen molar-refractivity contribution in [3.05, 3.63) is 69.8 Å². The van der Waals surface area contributed by atoms with Crippen molar-refractivity contribution in [3.63, 3.8) is 0 Å². The molecule has 0 radical (unpaired) electrons. The lowest BCUT2D eigenvalue weighted by molar-refractivity contribution is -0.339. The zero-order chi connectivity index (χ0) is 49.4. The molecule has 0 aromatic heterocycles. The van der Waals surface area contributed by atoms with Gasteiger partial charge in [0.25, 0.3) is 5.79 Å². The van der Waals surface area contributed by atoms with E-state index in [0.29, 0.717) is 30.3 Å². The second-order valence-electron chi connectivity index (χ2n) is 15.5. The molecule has 0 saturated carbocycles. The number of ether oxygens (including phenoxy) is 7. The SMILES string of the molecule is O=C1O[C@H]2[C@@H]3OC(=O)c4cc(O)c(O)c(O)c4-c4c(cc(O)c(O)c4O)C(=O)OC[C@H]2O[C@@H](OC(=O)c2cc(O)c(O)c(O)c2)[C@H]3OC(=O)c2cc(O)c(O)c3c2C2C1=CC(=O)C(O)(O3)C2(O)O. The number of hydrogen-bond acceptors (Lipinski definition) is 27. The van der Waals surface area contributed by atoms with Crippen molar-refractivity contribution in [2.75, 3.05) is 6.61 Å². The number of ketones is 1. The Bertz CT molecular complexity index is 3020. The lowest BCUT2D eigenvalue weighted by atomic mass is 9.70. The monoisotopic (exact) mass is 952 g/mol. The van der Waals surface area contributed by atoms with Crippen LogP contribution in [0.25, 0.3) is 11.1 Å². The molecule has 14 N–H and O–H groups in total. The van der Waals surface area contributed by atoms with E-state index in [4.69, 9.17) is 33.2 Å². The van der Waals surface area contributed by atoms with Crippen LogP contribution in [0.3, 0.4) is 0 Å². The molecule has 354 valence electrons. The van der Waals surface area contributed by atoms with Crippen molar-refractivity contribution in [3.8, 4) is 80.1 Å². The lowest BCUT2D eigenvalue weighted by Crippen LogP contribution is -2.70. The fourth-order valence-corrected chi connectivity index (χ4v) is 8.25. The zero-order valence-electron chi connectivity index (χ0n) is 33.2. The zero-order valence-corrected chi connectivity index (χ0v) is 33.2. The van der Waals surface area contributed by atoms with Gasteiger partial charge in [0.2, 0.25) is 35.4 Å². The Morgan fingerprint density at radius 2 is 1.07 bits per heavy atom. The fourth-order valence-electron chi connectivity index (χ4n) is 8.25. The first-order valence-electron chi connectivity index (χ1n) is 19.1. The smallest absolute Gasteiger partial charge is 0.340 e. The van der Waals surface area contributed by atoms with E-state index < -0.39 is 204 Å². The van der Waals surface area contributed by atoms with Crippen LogP contribution in [0.5, 0.6) is 69.0 Å². The first-order valence-corrected chi connectivity index (χ1v) is 19.1. The number of carbonyl (C=O) groups excluding carboxylic acids is 6. The molecule has 0 spiro atoms. The van der Waals surface area contributed by atoms with Crippen LogP contribution < -0.4 is 4.74 Å². The molecule has 4 heterocycles. The van der Waals surface area contributed by atoms with Gasteiger partial charge < -0.3 is 105 Å². The maximum absolute atomic E-state index is 14.6. The van der Waals surface area contributed by atoms with Crippen LogP contribution in [0.15, 0.2) is 42.0 Å². The predicted molar refractivity (Wildman–Crippen MR) is 204 cm³/mol. The third kappa shape index (κ3) is 6.21. The number of hydrogen-bond donors (Lipinski definition) is 14. The normalized spacial score (nSPS) is 25.7. The van der Waals surface area contributed by atoms with Gasteiger partial charge in [-0.05, 0) is 36.4 Å². The summed E-state index contributed by atoms with van der Waals surface area (Å²) >= 11 is 0. The van der Waals surface area contributed by atoms with Crippen LogP contribution in [0.4, 0.5) is 0 Å². The van der Waals surface area contributed by atoms with Gasteiger partial charge >= 0.3 is 35.6 Å².